The predicted octanol–water partition coefficient (Wildman–Crippen LogP) is 6.38. The number of benzene rings is 2. The lowest BCUT2D eigenvalue weighted by Gasteiger charge is -2.28. The molecule has 0 aliphatic heterocycles. The summed E-state index contributed by atoms with van der Waals surface area (Å²) >= 11 is 0. The summed E-state index contributed by atoms with van der Waals surface area (Å²) in [5.74, 6) is 0.945. The molecule has 5 heteroatoms. The number of rotatable bonds is 17. The largest absolute Gasteiger partial charge is 0.457 e. The molecule has 0 saturated heterocycles. The van der Waals surface area contributed by atoms with Crippen LogP contribution in [0, 0.1) is 0 Å². The molecule has 0 aliphatic carbocycles. The highest BCUT2D eigenvalue weighted by atomic mass is 16.5. The Hall–Kier alpha value is -2.37. The van der Waals surface area contributed by atoms with Crippen LogP contribution in [0.5, 0.6) is 11.5 Å². The summed E-state index contributed by atoms with van der Waals surface area (Å²) in [5, 5.41) is 13.9. The molecule has 1 atom stereocenters. The van der Waals surface area contributed by atoms with Crippen molar-refractivity contribution in [3.63, 3.8) is 0 Å². The van der Waals surface area contributed by atoms with Crippen molar-refractivity contribution in [1.29, 1.82) is 0 Å². The minimum atomic E-state index is -0.451. The topological polar surface area (TPSA) is 84.6 Å². The van der Waals surface area contributed by atoms with Crippen molar-refractivity contribution in [2.45, 2.75) is 96.6 Å². The number of unbranched alkanes of at least 4 members (excludes halogenated alkanes) is 7. The van der Waals surface area contributed by atoms with E-state index in [0.29, 0.717) is 17.9 Å². The number of carbonyl (C=O) groups excluding carboxylic acids is 1. The van der Waals surface area contributed by atoms with Gasteiger partial charge < -0.3 is 20.9 Å². The molecular formula is C29H44N2O3. The van der Waals surface area contributed by atoms with Gasteiger partial charge >= 0.3 is 0 Å². The molecule has 4 N–H and O–H groups in total. The van der Waals surface area contributed by atoms with Gasteiger partial charge in [-0.3, -0.25) is 4.79 Å². The predicted molar refractivity (Wildman–Crippen MR) is 140 cm³/mol. The van der Waals surface area contributed by atoms with Crippen molar-refractivity contribution in [1.82, 2.24) is 5.32 Å². The zero-order chi connectivity index (χ0) is 24.8. The lowest BCUT2D eigenvalue weighted by molar-refractivity contribution is 0.1000. The second kappa shape index (κ2) is 14.8. The Morgan fingerprint density at radius 1 is 0.912 bits per heavy atom. The molecule has 0 bridgehead atoms. The third-order valence-electron chi connectivity index (χ3n) is 6.15. The Morgan fingerprint density at radius 2 is 1.44 bits per heavy atom. The molecule has 0 spiro atoms. The summed E-state index contributed by atoms with van der Waals surface area (Å²) in [6.07, 6.45) is 11.7. The van der Waals surface area contributed by atoms with Crippen LogP contribution in [-0.2, 0) is 6.42 Å². The SMILES string of the molecule is CCCCCCCCCC[C@H](O)CNC(C)(C)Cc1ccc(Oc2ccc(C(N)=O)cc2)cc1. The average molecular weight is 469 g/mol. The van der Waals surface area contributed by atoms with Crippen LogP contribution in [0.3, 0.4) is 0 Å². The minimum absolute atomic E-state index is 0.118. The summed E-state index contributed by atoms with van der Waals surface area (Å²) in [4.78, 5) is 11.2. The van der Waals surface area contributed by atoms with E-state index in [0.717, 1.165) is 25.0 Å². The van der Waals surface area contributed by atoms with Crippen molar-refractivity contribution >= 4 is 5.91 Å². The van der Waals surface area contributed by atoms with E-state index >= 15 is 0 Å². The zero-order valence-electron chi connectivity index (χ0n) is 21.3. The second-order valence-corrected chi connectivity index (χ2v) is 9.99. The first-order chi connectivity index (χ1) is 16.3. The van der Waals surface area contributed by atoms with Gasteiger partial charge in [-0.2, -0.15) is 0 Å². The van der Waals surface area contributed by atoms with Crippen LogP contribution in [0.4, 0.5) is 0 Å². The van der Waals surface area contributed by atoms with Crippen LogP contribution < -0.4 is 15.8 Å². The molecule has 2 aromatic carbocycles. The Labute approximate surface area is 206 Å². The van der Waals surface area contributed by atoms with Crippen LogP contribution in [0.1, 0.15) is 94.5 Å². The van der Waals surface area contributed by atoms with E-state index < -0.39 is 5.91 Å². The minimum Gasteiger partial charge on any atom is -0.457 e. The lowest BCUT2D eigenvalue weighted by atomic mass is 9.94. The summed E-state index contributed by atoms with van der Waals surface area (Å²) in [6.45, 7) is 7.20. The van der Waals surface area contributed by atoms with Gasteiger partial charge in [-0.1, -0.05) is 70.4 Å². The number of hydrogen-bond acceptors (Lipinski definition) is 4. The smallest absolute Gasteiger partial charge is 0.248 e. The van der Waals surface area contributed by atoms with E-state index in [-0.39, 0.29) is 11.6 Å². The molecule has 188 valence electrons. The van der Waals surface area contributed by atoms with Gasteiger partial charge in [0.05, 0.1) is 6.10 Å². The molecular weight excluding hydrogens is 424 g/mol. The maximum atomic E-state index is 11.2. The molecule has 0 aromatic heterocycles. The Bertz CT molecular complexity index is 831. The molecule has 5 nitrogen and oxygen atoms in total. The zero-order valence-corrected chi connectivity index (χ0v) is 21.3. The average Bonchev–Trinajstić information content (AvgIpc) is 2.81. The van der Waals surface area contributed by atoms with Crippen LogP contribution in [0.15, 0.2) is 48.5 Å². The van der Waals surface area contributed by atoms with Crippen molar-refractivity contribution in [3.8, 4) is 11.5 Å². The molecule has 2 rings (SSSR count). The molecule has 0 unspecified atom stereocenters. The van der Waals surface area contributed by atoms with Gasteiger partial charge in [-0.05, 0) is 68.7 Å². The molecule has 2 aromatic rings. The maximum absolute atomic E-state index is 11.2. The fraction of sp³-hybridized carbons (Fsp3) is 0.552. The Kier molecular flexibility index (Phi) is 12.1. The Balaban J connectivity index is 1.68. The van der Waals surface area contributed by atoms with Crippen LogP contribution in [0.25, 0.3) is 0 Å². The lowest BCUT2D eigenvalue weighted by Crippen LogP contribution is -2.45. The molecule has 0 fully saturated rings. The number of carbonyl (C=O) groups is 1. The van der Waals surface area contributed by atoms with Gasteiger partial charge in [0.1, 0.15) is 11.5 Å². The van der Waals surface area contributed by atoms with Gasteiger partial charge in [-0.15, -0.1) is 0 Å². The number of ether oxygens (including phenoxy) is 1. The fourth-order valence-corrected chi connectivity index (χ4v) is 4.08. The maximum Gasteiger partial charge on any atom is 0.248 e. The second-order valence-electron chi connectivity index (χ2n) is 9.99. The van der Waals surface area contributed by atoms with Crippen LogP contribution >= 0.6 is 0 Å². The third-order valence-corrected chi connectivity index (χ3v) is 6.15. The highest BCUT2D eigenvalue weighted by Gasteiger charge is 2.19. The number of aliphatic hydroxyl groups is 1. The van der Waals surface area contributed by atoms with Crippen LogP contribution in [-0.4, -0.2) is 29.2 Å². The third kappa shape index (κ3) is 11.2. The number of hydrogen-bond donors (Lipinski definition) is 3. The van der Waals surface area contributed by atoms with Gasteiger partial charge in [0.15, 0.2) is 0 Å². The van der Waals surface area contributed by atoms with Crippen LogP contribution in [0.2, 0.25) is 0 Å². The summed E-state index contributed by atoms with van der Waals surface area (Å²) in [7, 11) is 0. The van der Waals surface area contributed by atoms with Crippen molar-refractivity contribution in [2.24, 2.45) is 5.73 Å². The van der Waals surface area contributed by atoms with Gasteiger partial charge in [0.25, 0.3) is 0 Å². The first-order valence-corrected chi connectivity index (χ1v) is 12.9. The molecule has 0 heterocycles. The Morgan fingerprint density at radius 3 is 2.00 bits per heavy atom. The number of aliphatic hydroxyl groups excluding tert-OH is 1. The van der Waals surface area contributed by atoms with Gasteiger partial charge in [0, 0.05) is 17.6 Å². The van der Waals surface area contributed by atoms with Crippen molar-refractivity contribution in [3.05, 3.63) is 59.7 Å². The number of β-amino-alcohol motifs (C(OH)–C–C–N with tert-alkyl or cyclic N) is 1. The first-order valence-electron chi connectivity index (χ1n) is 12.9. The van der Waals surface area contributed by atoms with Crippen molar-refractivity contribution < 1.29 is 14.6 Å². The number of nitrogens with one attached hydrogen (secondary N) is 1. The summed E-state index contributed by atoms with van der Waals surface area (Å²) in [6, 6.07) is 14.8. The normalized spacial score (nSPS) is 12.5. The van der Waals surface area contributed by atoms with E-state index in [9.17, 15) is 9.90 Å². The van der Waals surface area contributed by atoms with E-state index in [2.05, 4.69) is 38.2 Å². The molecule has 0 radical (unpaired) electrons. The molecule has 1 amide bonds. The summed E-state index contributed by atoms with van der Waals surface area (Å²) < 4.78 is 5.86. The van der Waals surface area contributed by atoms with Crippen molar-refractivity contribution in [2.75, 3.05) is 6.54 Å². The van der Waals surface area contributed by atoms with E-state index in [4.69, 9.17) is 10.5 Å². The van der Waals surface area contributed by atoms with E-state index in [1.165, 1.54) is 50.5 Å². The van der Waals surface area contributed by atoms with E-state index in [1.54, 1.807) is 24.3 Å². The number of primary amides is 1. The summed E-state index contributed by atoms with van der Waals surface area (Å²) in [5.41, 5.74) is 6.81. The van der Waals surface area contributed by atoms with Gasteiger partial charge in [-0.25, -0.2) is 0 Å². The quantitative estimate of drug-likeness (QED) is 0.235. The highest BCUT2D eigenvalue weighted by Crippen LogP contribution is 2.23. The molecule has 34 heavy (non-hydrogen) atoms. The van der Waals surface area contributed by atoms with E-state index in [1.807, 2.05) is 12.1 Å². The fourth-order valence-electron chi connectivity index (χ4n) is 4.08. The molecule has 0 aliphatic rings. The number of nitrogens with two attached hydrogens (primary N) is 1. The van der Waals surface area contributed by atoms with Gasteiger partial charge in [0.2, 0.25) is 5.91 Å². The first kappa shape index (κ1) is 27.9. The number of amides is 1. The monoisotopic (exact) mass is 468 g/mol. The standard InChI is InChI=1S/C29H44N2O3/c1-4-5-6-7-8-9-10-11-12-25(32)22-31-29(2,3)21-23-13-17-26(18-14-23)34-27-19-15-24(16-20-27)28(30)33/h13-20,25,31-32H,4-12,21-22H2,1-3H3,(H2,30,33)/t25-/m0/s1. The molecule has 0 saturated carbocycles. The highest BCUT2D eigenvalue weighted by molar-refractivity contribution is 5.92.